The van der Waals surface area contributed by atoms with Crippen LogP contribution in [0.3, 0.4) is 0 Å². The minimum Gasteiger partial charge on any atom is -0.470 e. The van der Waals surface area contributed by atoms with Gasteiger partial charge < -0.3 is 4.74 Å². The number of nitrogens with one attached hydrogen (secondary N) is 1. The number of benzene rings is 2. The van der Waals surface area contributed by atoms with Crippen LogP contribution in [0.1, 0.15) is 16.1 Å². The Morgan fingerprint density at radius 3 is 2.71 bits per heavy atom. The maximum Gasteiger partial charge on any atom is 0.278 e. The number of halogens is 3. The van der Waals surface area contributed by atoms with Crippen molar-refractivity contribution in [2.45, 2.75) is 13.3 Å². The van der Waals surface area contributed by atoms with Crippen LogP contribution in [0.15, 0.2) is 55.0 Å². The number of ether oxygens (including phenoxy) is 1. The highest BCUT2D eigenvalue weighted by atomic mass is 35.5. The van der Waals surface area contributed by atoms with Crippen LogP contribution >= 0.6 is 23.2 Å². The molecule has 34 heavy (non-hydrogen) atoms. The third kappa shape index (κ3) is 5.30. The lowest BCUT2D eigenvalue weighted by Crippen LogP contribution is -2.15. The number of rotatable bonds is 8. The van der Waals surface area contributed by atoms with E-state index < -0.39 is 16.6 Å². The SMILES string of the molecule is O=C(Nc1ncn(Cc2c(F)cccc2Cl)n1)c1ccn(COc2ccc([N+](=O)[O-])cc2Cl)n1. The summed E-state index contributed by atoms with van der Waals surface area (Å²) in [6.45, 7) is -0.0629. The van der Waals surface area contributed by atoms with Gasteiger partial charge in [0, 0.05) is 28.9 Å². The summed E-state index contributed by atoms with van der Waals surface area (Å²) in [5.74, 6) is -0.829. The molecule has 0 unspecified atom stereocenters. The van der Waals surface area contributed by atoms with Crippen molar-refractivity contribution in [2.75, 3.05) is 5.32 Å². The van der Waals surface area contributed by atoms with Crippen LogP contribution in [-0.4, -0.2) is 35.4 Å². The molecule has 0 saturated carbocycles. The minimum absolute atomic E-state index is 0.000855. The fraction of sp³-hybridized carbons (Fsp3) is 0.100. The van der Waals surface area contributed by atoms with Crippen LogP contribution in [0.2, 0.25) is 10.0 Å². The molecule has 2 aromatic carbocycles. The van der Waals surface area contributed by atoms with Crippen LogP contribution in [0.25, 0.3) is 0 Å². The van der Waals surface area contributed by atoms with Crippen molar-refractivity contribution >= 4 is 40.7 Å². The van der Waals surface area contributed by atoms with E-state index in [1.807, 2.05) is 0 Å². The van der Waals surface area contributed by atoms with E-state index in [0.29, 0.717) is 0 Å². The molecule has 0 fully saturated rings. The number of nitro benzene ring substituents is 1. The van der Waals surface area contributed by atoms with Crippen molar-refractivity contribution in [1.29, 1.82) is 0 Å². The highest BCUT2D eigenvalue weighted by Crippen LogP contribution is 2.28. The monoisotopic (exact) mass is 505 g/mol. The standard InChI is InChI=1S/C20H14Cl2FN7O4/c21-14-2-1-3-16(23)13(14)9-29-10-24-20(27-29)25-19(31)17-6-7-28(26-17)11-34-18-5-4-12(30(32)33)8-15(18)22/h1-8,10H,9,11H2,(H,25,27,31). The summed E-state index contributed by atoms with van der Waals surface area (Å²) in [4.78, 5) is 26.6. The van der Waals surface area contributed by atoms with Gasteiger partial charge >= 0.3 is 0 Å². The van der Waals surface area contributed by atoms with Crippen LogP contribution < -0.4 is 10.1 Å². The third-order valence-electron chi connectivity index (χ3n) is 4.50. The lowest BCUT2D eigenvalue weighted by molar-refractivity contribution is -0.384. The van der Waals surface area contributed by atoms with Gasteiger partial charge in [0.2, 0.25) is 5.95 Å². The Morgan fingerprint density at radius 2 is 1.97 bits per heavy atom. The second-order valence-electron chi connectivity index (χ2n) is 6.81. The second-order valence-corrected chi connectivity index (χ2v) is 7.62. The molecular weight excluding hydrogens is 492 g/mol. The van der Waals surface area contributed by atoms with Crippen molar-refractivity contribution in [3.63, 3.8) is 0 Å². The highest BCUT2D eigenvalue weighted by molar-refractivity contribution is 6.32. The molecule has 1 amide bonds. The molecule has 0 aliphatic carbocycles. The fourth-order valence-electron chi connectivity index (χ4n) is 2.85. The molecular formula is C20H14Cl2FN7O4. The van der Waals surface area contributed by atoms with Gasteiger partial charge in [0.25, 0.3) is 11.6 Å². The normalized spacial score (nSPS) is 10.8. The van der Waals surface area contributed by atoms with Gasteiger partial charge in [-0.05, 0) is 24.3 Å². The molecule has 0 radical (unpaired) electrons. The molecule has 14 heteroatoms. The molecule has 0 aliphatic rings. The first-order valence-electron chi connectivity index (χ1n) is 9.54. The highest BCUT2D eigenvalue weighted by Gasteiger charge is 2.15. The Hall–Kier alpha value is -4.03. The van der Waals surface area contributed by atoms with E-state index in [0.717, 1.165) is 0 Å². The quantitative estimate of drug-likeness (QED) is 0.281. The number of carbonyl (C=O) groups excluding carboxylic acids is 1. The van der Waals surface area contributed by atoms with Gasteiger partial charge in [0.05, 0.1) is 16.5 Å². The lowest BCUT2D eigenvalue weighted by Gasteiger charge is -2.07. The van der Waals surface area contributed by atoms with Gasteiger partial charge in [-0.1, -0.05) is 29.3 Å². The smallest absolute Gasteiger partial charge is 0.278 e. The van der Waals surface area contributed by atoms with Crippen molar-refractivity contribution in [2.24, 2.45) is 0 Å². The first kappa shape index (κ1) is 23.1. The Kier molecular flexibility index (Phi) is 6.70. The molecule has 0 spiro atoms. The lowest BCUT2D eigenvalue weighted by atomic mass is 10.2. The summed E-state index contributed by atoms with van der Waals surface area (Å²) in [6.07, 6.45) is 2.83. The minimum atomic E-state index is -0.575. The molecule has 2 aromatic heterocycles. The number of aromatic nitrogens is 5. The van der Waals surface area contributed by atoms with E-state index in [2.05, 4.69) is 20.5 Å². The zero-order chi connectivity index (χ0) is 24.2. The van der Waals surface area contributed by atoms with Gasteiger partial charge in [-0.15, -0.1) is 5.10 Å². The Balaban J connectivity index is 1.35. The predicted octanol–water partition coefficient (Wildman–Crippen LogP) is 4.17. The molecule has 0 bridgehead atoms. The molecule has 0 atom stereocenters. The molecule has 2 heterocycles. The van der Waals surface area contributed by atoms with Crippen LogP contribution in [0.4, 0.5) is 16.0 Å². The summed E-state index contributed by atoms with van der Waals surface area (Å²) in [7, 11) is 0. The van der Waals surface area contributed by atoms with E-state index in [1.54, 1.807) is 6.07 Å². The van der Waals surface area contributed by atoms with Gasteiger partial charge in [-0.3, -0.25) is 20.2 Å². The Labute approximate surface area is 200 Å². The first-order valence-corrected chi connectivity index (χ1v) is 10.3. The van der Waals surface area contributed by atoms with Crippen molar-refractivity contribution in [1.82, 2.24) is 24.5 Å². The van der Waals surface area contributed by atoms with E-state index in [1.165, 1.54) is 58.3 Å². The van der Waals surface area contributed by atoms with Crippen molar-refractivity contribution in [3.05, 3.63) is 92.2 Å². The number of nitro groups is 1. The molecule has 4 aromatic rings. The Bertz CT molecular complexity index is 1350. The number of hydrogen-bond acceptors (Lipinski definition) is 7. The van der Waals surface area contributed by atoms with Gasteiger partial charge in [-0.25, -0.2) is 18.7 Å². The fourth-order valence-corrected chi connectivity index (χ4v) is 3.30. The number of non-ortho nitro benzene ring substituents is 1. The predicted molar refractivity (Wildman–Crippen MR) is 119 cm³/mol. The molecule has 4 rings (SSSR count). The topological polar surface area (TPSA) is 130 Å². The average molecular weight is 506 g/mol. The van der Waals surface area contributed by atoms with E-state index in [4.69, 9.17) is 27.9 Å². The summed E-state index contributed by atoms with van der Waals surface area (Å²) in [5.41, 5.74) is 0.147. The second kappa shape index (κ2) is 9.85. The molecule has 1 N–H and O–H groups in total. The first-order chi connectivity index (χ1) is 16.3. The van der Waals surface area contributed by atoms with Crippen LogP contribution in [-0.2, 0) is 13.3 Å². The molecule has 11 nitrogen and oxygen atoms in total. The summed E-state index contributed by atoms with van der Waals surface area (Å²) in [6, 6.07) is 9.60. The van der Waals surface area contributed by atoms with E-state index >= 15 is 0 Å². The number of nitrogens with zero attached hydrogens (tertiary/aromatic N) is 6. The summed E-state index contributed by atoms with van der Waals surface area (Å²) < 4.78 is 22.1. The van der Waals surface area contributed by atoms with E-state index in [9.17, 15) is 19.3 Å². The van der Waals surface area contributed by atoms with E-state index in [-0.39, 0.29) is 52.0 Å². The third-order valence-corrected chi connectivity index (χ3v) is 5.14. The maximum atomic E-state index is 13.9. The number of anilines is 1. The van der Waals surface area contributed by atoms with Crippen LogP contribution in [0, 0.1) is 15.9 Å². The largest absolute Gasteiger partial charge is 0.470 e. The molecule has 0 saturated heterocycles. The number of amides is 1. The van der Waals surface area contributed by atoms with Gasteiger partial charge in [0.15, 0.2) is 12.4 Å². The number of carbonyl (C=O) groups is 1. The van der Waals surface area contributed by atoms with Gasteiger partial charge in [0.1, 0.15) is 17.9 Å². The van der Waals surface area contributed by atoms with Crippen molar-refractivity contribution < 1.29 is 18.8 Å². The number of hydrogen-bond donors (Lipinski definition) is 1. The molecule has 0 aliphatic heterocycles. The van der Waals surface area contributed by atoms with Crippen LogP contribution in [0.5, 0.6) is 5.75 Å². The summed E-state index contributed by atoms with van der Waals surface area (Å²) in [5, 5.41) is 21.8. The van der Waals surface area contributed by atoms with Gasteiger partial charge in [-0.2, -0.15) is 5.10 Å². The zero-order valence-electron chi connectivity index (χ0n) is 17.1. The zero-order valence-corrected chi connectivity index (χ0v) is 18.6. The maximum absolute atomic E-state index is 13.9. The molecule has 174 valence electrons. The Morgan fingerprint density at radius 1 is 1.15 bits per heavy atom. The van der Waals surface area contributed by atoms with Crippen molar-refractivity contribution in [3.8, 4) is 5.75 Å². The average Bonchev–Trinajstić information content (AvgIpc) is 3.45. The summed E-state index contributed by atoms with van der Waals surface area (Å²) >= 11 is 12.0.